The summed E-state index contributed by atoms with van der Waals surface area (Å²) < 4.78 is 32.3. The number of carbonyl (C=O) groups is 5. The van der Waals surface area contributed by atoms with Crippen LogP contribution >= 0.6 is 0 Å². The molecule has 1 unspecified atom stereocenters. The summed E-state index contributed by atoms with van der Waals surface area (Å²) >= 11 is 0. The first-order valence-corrected chi connectivity index (χ1v) is 17.5. The standard InChI is InChI=1S/C36H59NO11/c1-5-33(40)35(28(2)3)37-36(42)29(15-16-34(41)43-4)26-30(38)17-19-45-21-23-47-25-24-46-22-20-44-18-11-12-31(39)27-48-32-13-9-7-6-8-10-14-32/h28-29,32,35H,5-9,11-13,15-27H2,1-4H3,(H,37,42)/t29-,32?,35-/m0/s1. The van der Waals surface area contributed by atoms with Crippen LogP contribution in [0.15, 0.2) is 0 Å². The van der Waals surface area contributed by atoms with Gasteiger partial charge < -0.3 is 33.7 Å². The number of carbonyl (C=O) groups excluding carboxylic acids is 5. The molecular weight excluding hydrogens is 622 g/mol. The van der Waals surface area contributed by atoms with Crippen molar-refractivity contribution >= 4 is 29.2 Å². The van der Waals surface area contributed by atoms with Crippen LogP contribution in [0, 0.1) is 23.7 Å². The third-order valence-electron chi connectivity index (χ3n) is 7.79. The molecular formula is C36H59NO11. The lowest BCUT2D eigenvalue weighted by Crippen LogP contribution is -2.47. The summed E-state index contributed by atoms with van der Waals surface area (Å²) in [5.41, 5.74) is 0. The Bertz CT molecular complexity index is 1000. The highest BCUT2D eigenvalue weighted by atomic mass is 16.6. The molecule has 1 rings (SSSR count). The summed E-state index contributed by atoms with van der Waals surface area (Å²) in [5, 5.41) is 2.78. The first kappa shape index (κ1) is 43.3. The van der Waals surface area contributed by atoms with Crippen LogP contribution in [0.1, 0.15) is 97.8 Å². The van der Waals surface area contributed by atoms with Crippen molar-refractivity contribution in [2.45, 2.75) is 110 Å². The van der Waals surface area contributed by atoms with E-state index in [2.05, 4.69) is 21.9 Å². The minimum atomic E-state index is -0.748. The maximum Gasteiger partial charge on any atom is 0.305 e. The number of hydrogen-bond acceptors (Lipinski definition) is 11. The van der Waals surface area contributed by atoms with E-state index in [0.717, 1.165) is 32.1 Å². The van der Waals surface area contributed by atoms with E-state index in [9.17, 15) is 24.0 Å². The van der Waals surface area contributed by atoms with Crippen LogP contribution in [0.5, 0.6) is 0 Å². The van der Waals surface area contributed by atoms with Crippen LogP contribution in [0.4, 0.5) is 0 Å². The van der Waals surface area contributed by atoms with Gasteiger partial charge in [-0.15, -0.1) is 5.92 Å². The van der Waals surface area contributed by atoms with Crippen molar-refractivity contribution in [3.05, 3.63) is 0 Å². The van der Waals surface area contributed by atoms with Gasteiger partial charge in [-0.25, -0.2) is 0 Å². The highest BCUT2D eigenvalue weighted by Crippen LogP contribution is 2.16. The van der Waals surface area contributed by atoms with Crippen molar-refractivity contribution in [2.24, 2.45) is 11.8 Å². The van der Waals surface area contributed by atoms with E-state index < -0.39 is 23.8 Å². The lowest BCUT2D eigenvalue weighted by molar-refractivity contribution is -0.142. The van der Waals surface area contributed by atoms with Gasteiger partial charge in [0.15, 0.2) is 11.6 Å². The third kappa shape index (κ3) is 22.0. The van der Waals surface area contributed by atoms with E-state index in [1.165, 1.54) is 7.11 Å². The van der Waals surface area contributed by atoms with Gasteiger partial charge in [-0.3, -0.25) is 24.0 Å². The smallest absolute Gasteiger partial charge is 0.305 e. The number of methoxy groups -OCH3 is 1. The molecule has 3 atom stereocenters. The van der Waals surface area contributed by atoms with E-state index in [4.69, 9.17) is 23.7 Å². The average molecular weight is 682 g/mol. The summed E-state index contributed by atoms with van der Waals surface area (Å²) in [6, 6.07) is -0.643. The van der Waals surface area contributed by atoms with Gasteiger partial charge in [0.05, 0.1) is 59.4 Å². The van der Waals surface area contributed by atoms with Crippen LogP contribution in [-0.2, 0) is 52.4 Å². The molecule has 0 fully saturated rings. The van der Waals surface area contributed by atoms with Crippen molar-refractivity contribution in [3.8, 4) is 11.8 Å². The average Bonchev–Trinajstić information content (AvgIpc) is 3.05. The Morgan fingerprint density at radius 1 is 0.792 bits per heavy atom. The van der Waals surface area contributed by atoms with Crippen LogP contribution in [0.25, 0.3) is 0 Å². The van der Waals surface area contributed by atoms with Gasteiger partial charge in [0.25, 0.3) is 0 Å². The van der Waals surface area contributed by atoms with Gasteiger partial charge >= 0.3 is 5.97 Å². The largest absolute Gasteiger partial charge is 0.469 e. The Morgan fingerprint density at radius 3 is 2.06 bits per heavy atom. The summed E-state index contributed by atoms with van der Waals surface area (Å²) in [5.74, 6) is 4.31. The number of rotatable bonds is 29. The molecule has 1 N–H and O–H groups in total. The number of nitrogens with one attached hydrogen (secondary N) is 1. The summed E-state index contributed by atoms with van der Waals surface area (Å²) in [6.07, 6.45) is 6.61. The van der Waals surface area contributed by atoms with Crippen molar-refractivity contribution < 1.29 is 52.4 Å². The zero-order chi connectivity index (χ0) is 35.4. The van der Waals surface area contributed by atoms with Gasteiger partial charge in [0.1, 0.15) is 18.5 Å². The number of ether oxygens (including phenoxy) is 6. The van der Waals surface area contributed by atoms with Gasteiger partial charge in [-0.05, 0) is 38.0 Å². The molecule has 0 heterocycles. The molecule has 1 aliphatic carbocycles. The number of ketones is 3. The zero-order valence-electron chi connectivity index (χ0n) is 29.6. The van der Waals surface area contributed by atoms with E-state index in [1.54, 1.807) is 6.92 Å². The van der Waals surface area contributed by atoms with Gasteiger partial charge in [0.2, 0.25) is 5.91 Å². The fourth-order valence-electron chi connectivity index (χ4n) is 4.89. The topological polar surface area (TPSA) is 153 Å². The Labute approximate surface area is 287 Å². The SMILES string of the molecule is CCC(=O)[C@@H](NC(=O)[C@@H](CCC(=O)OC)CC(=O)CCOCCOCCOCCOCCCC(=O)COC1C#CCCCCC1)C(C)C. The van der Waals surface area contributed by atoms with E-state index >= 15 is 0 Å². The first-order chi connectivity index (χ1) is 23.2. The number of esters is 1. The Morgan fingerprint density at radius 2 is 1.44 bits per heavy atom. The Hall–Kier alpha value is -2.69. The fourth-order valence-corrected chi connectivity index (χ4v) is 4.89. The minimum Gasteiger partial charge on any atom is -0.469 e. The third-order valence-corrected chi connectivity index (χ3v) is 7.79. The van der Waals surface area contributed by atoms with Crippen LogP contribution in [0.3, 0.4) is 0 Å². The molecule has 0 saturated carbocycles. The maximum absolute atomic E-state index is 13.0. The van der Waals surface area contributed by atoms with E-state index in [1.807, 2.05) is 13.8 Å². The molecule has 1 amide bonds. The Kier molecular flexibility index (Phi) is 25.4. The van der Waals surface area contributed by atoms with Crippen molar-refractivity contribution in [1.29, 1.82) is 0 Å². The van der Waals surface area contributed by atoms with E-state index in [0.29, 0.717) is 59.1 Å². The van der Waals surface area contributed by atoms with Gasteiger partial charge in [-0.2, -0.15) is 0 Å². The monoisotopic (exact) mass is 681 g/mol. The molecule has 48 heavy (non-hydrogen) atoms. The predicted octanol–water partition coefficient (Wildman–Crippen LogP) is 3.79. The molecule has 1 aliphatic rings. The van der Waals surface area contributed by atoms with Crippen molar-refractivity contribution in [2.75, 3.05) is 66.6 Å². The highest BCUT2D eigenvalue weighted by Gasteiger charge is 2.28. The highest BCUT2D eigenvalue weighted by molar-refractivity contribution is 5.92. The second-order valence-electron chi connectivity index (χ2n) is 12.2. The Balaban J connectivity index is 2.08. The molecule has 0 spiro atoms. The molecule has 0 aliphatic heterocycles. The van der Waals surface area contributed by atoms with Crippen molar-refractivity contribution in [1.82, 2.24) is 5.32 Å². The number of hydrogen-bond donors (Lipinski definition) is 1. The normalized spacial score (nSPS) is 15.8. The molecule has 0 radical (unpaired) electrons. The molecule has 12 nitrogen and oxygen atoms in total. The second-order valence-corrected chi connectivity index (χ2v) is 12.2. The van der Waals surface area contributed by atoms with E-state index in [-0.39, 0.29) is 74.7 Å². The number of Topliss-reactive ketones (excluding diaryl/α,β-unsaturated/α-hetero) is 3. The molecule has 12 heteroatoms. The molecule has 0 bridgehead atoms. The molecule has 0 saturated heterocycles. The van der Waals surface area contributed by atoms with Crippen LogP contribution in [0.2, 0.25) is 0 Å². The van der Waals surface area contributed by atoms with Gasteiger partial charge in [0, 0.05) is 51.0 Å². The summed E-state index contributed by atoms with van der Waals surface area (Å²) in [4.78, 5) is 61.5. The lowest BCUT2D eigenvalue weighted by atomic mass is 9.92. The van der Waals surface area contributed by atoms with Crippen LogP contribution < -0.4 is 5.32 Å². The molecule has 0 aromatic rings. The molecule has 274 valence electrons. The quantitative estimate of drug-likeness (QED) is 0.0697. The second kappa shape index (κ2) is 28.2. The predicted molar refractivity (Wildman–Crippen MR) is 179 cm³/mol. The maximum atomic E-state index is 13.0. The summed E-state index contributed by atoms with van der Waals surface area (Å²) in [6.45, 7) is 8.47. The first-order valence-electron chi connectivity index (χ1n) is 17.5. The summed E-state index contributed by atoms with van der Waals surface area (Å²) in [7, 11) is 1.27. The fraction of sp³-hybridized carbons (Fsp3) is 0.806. The zero-order valence-corrected chi connectivity index (χ0v) is 29.6. The van der Waals surface area contributed by atoms with Crippen LogP contribution in [-0.4, -0.2) is 108 Å². The lowest BCUT2D eigenvalue weighted by Gasteiger charge is -2.24. The molecule has 0 aromatic heterocycles. The minimum absolute atomic E-state index is 0.00391. The molecule has 0 aromatic carbocycles. The van der Waals surface area contributed by atoms with Gasteiger partial charge in [-0.1, -0.05) is 33.1 Å². The number of amides is 1. The van der Waals surface area contributed by atoms with Crippen molar-refractivity contribution in [3.63, 3.8) is 0 Å².